The summed E-state index contributed by atoms with van der Waals surface area (Å²) in [6.45, 7) is 2.58. The molecule has 4 nitrogen and oxygen atoms in total. The average molecular weight is 355 g/mol. The van der Waals surface area contributed by atoms with Crippen LogP contribution in [0.3, 0.4) is 0 Å². The van der Waals surface area contributed by atoms with Crippen molar-refractivity contribution >= 4 is 39.2 Å². The van der Waals surface area contributed by atoms with Gasteiger partial charge in [-0.15, -0.1) is 0 Å². The molecule has 0 amide bonds. The topological polar surface area (TPSA) is 54.8 Å². The molecule has 20 heavy (non-hydrogen) atoms. The summed E-state index contributed by atoms with van der Waals surface area (Å²) >= 11 is 9.41. The second kappa shape index (κ2) is 4.82. The van der Waals surface area contributed by atoms with E-state index in [0.717, 1.165) is 11.4 Å². The van der Waals surface area contributed by atoms with Crippen molar-refractivity contribution in [3.8, 4) is 0 Å². The van der Waals surface area contributed by atoms with E-state index in [1.54, 1.807) is 0 Å². The summed E-state index contributed by atoms with van der Waals surface area (Å²) in [5.41, 5.74) is 6.50. The number of halogens is 2. The van der Waals surface area contributed by atoms with Gasteiger partial charge in [0, 0.05) is 10.7 Å². The lowest BCUT2D eigenvalue weighted by Crippen LogP contribution is -2.47. The Kier molecular flexibility index (Phi) is 3.26. The van der Waals surface area contributed by atoms with Gasteiger partial charge in [0.1, 0.15) is 11.3 Å². The van der Waals surface area contributed by atoms with Crippen molar-refractivity contribution < 1.29 is 4.42 Å². The Bertz CT molecular complexity index is 685. The number of anilines is 1. The number of rotatable bonds is 2. The van der Waals surface area contributed by atoms with Gasteiger partial charge in [0.05, 0.1) is 6.54 Å². The summed E-state index contributed by atoms with van der Waals surface area (Å²) < 4.78 is 6.40. The molecule has 2 heterocycles. The first-order valence-electron chi connectivity index (χ1n) is 6.12. The first-order chi connectivity index (χ1) is 9.50. The molecule has 1 aromatic carbocycles. The van der Waals surface area contributed by atoms with Crippen LogP contribution in [0.5, 0.6) is 0 Å². The number of nitrogens with two attached hydrogens (primary N) is 1. The van der Waals surface area contributed by atoms with E-state index < -0.39 is 5.54 Å². The van der Waals surface area contributed by atoms with Crippen LogP contribution in [0.4, 0.5) is 5.69 Å². The highest BCUT2D eigenvalue weighted by Crippen LogP contribution is 2.38. The van der Waals surface area contributed by atoms with Gasteiger partial charge in [0.15, 0.2) is 10.6 Å². The van der Waals surface area contributed by atoms with E-state index >= 15 is 0 Å². The molecule has 0 fully saturated rings. The largest absolute Gasteiger partial charge is 0.452 e. The predicted octanol–water partition coefficient (Wildman–Crippen LogP) is 3.75. The monoisotopic (exact) mass is 353 g/mol. The zero-order valence-corrected chi connectivity index (χ0v) is 13.1. The molecule has 0 bridgehead atoms. The Morgan fingerprint density at radius 3 is 2.85 bits per heavy atom. The maximum atomic E-state index is 6.08. The molecular weight excluding hydrogens is 342 g/mol. The lowest BCUT2D eigenvalue weighted by Gasteiger charge is -2.34. The molecule has 0 radical (unpaired) electrons. The van der Waals surface area contributed by atoms with Crippen LogP contribution in [-0.4, -0.2) is 12.5 Å². The molecule has 6 heteroatoms. The molecule has 1 atom stereocenters. The van der Waals surface area contributed by atoms with E-state index in [2.05, 4.69) is 20.9 Å². The van der Waals surface area contributed by atoms with Gasteiger partial charge < -0.3 is 10.2 Å². The van der Waals surface area contributed by atoms with Gasteiger partial charge in [-0.3, -0.25) is 9.89 Å². The van der Waals surface area contributed by atoms with E-state index in [1.807, 2.05) is 48.2 Å². The normalized spacial score (nSPS) is 22.1. The number of hydrogen-bond donors (Lipinski definition) is 1. The SMILES string of the molecule is CC1(c2ccc(Br)o2)CN=C(N)N1c1cccc(Cl)c1. The maximum absolute atomic E-state index is 6.08. The first kappa shape index (κ1) is 13.5. The quantitative estimate of drug-likeness (QED) is 0.893. The Hall–Kier alpha value is -1.46. The summed E-state index contributed by atoms with van der Waals surface area (Å²) in [6, 6.07) is 11.3. The van der Waals surface area contributed by atoms with Crippen LogP contribution in [-0.2, 0) is 5.54 Å². The van der Waals surface area contributed by atoms with Crippen molar-refractivity contribution in [1.29, 1.82) is 0 Å². The fraction of sp³-hybridized carbons (Fsp3) is 0.214. The number of guanidine groups is 1. The first-order valence-corrected chi connectivity index (χ1v) is 7.29. The third-order valence-electron chi connectivity index (χ3n) is 3.44. The summed E-state index contributed by atoms with van der Waals surface area (Å²) in [4.78, 5) is 6.31. The van der Waals surface area contributed by atoms with Crippen LogP contribution in [0.2, 0.25) is 5.02 Å². The Balaban J connectivity index is 2.08. The second-order valence-electron chi connectivity index (χ2n) is 4.87. The van der Waals surface area contributed by atoms with Crippen LogP contribution >= 0.6 is 27.5 Å². The van der Waals surface area contributed by atoms with Crippen LogP contribution in [0.25, 0.3) is 0 Å². The van der Waals surface area contributed by atoms with Crippen molar-refractivity contribution in [2.75, 3.05) is 11.4 Å². The van der Waals surface area contributed by atoms with Gasteiger partial charge in [-0.2, -0.15) is 0 Å². The standard InChI is InChI=1S/C14H13BrClN3O/c1-14(11-5-6-12(15)20-11)8-18-13(17)19(14)10-4-2-3-9(16)7-10/h2-7H,8H2,1H3,(H2,17,18). The third-order valence-corrected chi connectivity index (χ3v) is 4.10. The molecule has 0 saturated heterocycles. The maximum Gasteiger partial charge on any atom is 0.196 e. The van der Waals surface area contributed by atoms with E-state index in [4.69, 9.17) is 21.8 Å². The third kappa shape index (κ3) is 2.11. The highest BCUT2D eigenvalue weighted by molar-refractivity contribution is 9.10. The number of nitrogens with zero attached hydrogens (tertiary/aromatic N) is 2. The lowest BCUT2D eigenvalue weighted by atomic mass is 9.97. The van der Waals surface area contributed by atoms with Crippen molar-refractivity contribution in [2.24, 2.45) is 10.7 Å². The van der Waals surface area contributed by atoms with E-state index in [9.17, 15) is 0 Å². The molecule has 0 spiro atoms. The molecule has 0 saturated carbocycles. The van der Waals surface area contributed by atoms with Gasteiger partial charge in [0.25, 0.3) is 0 Å². The van der Waals surface area contributed by atoms with Crippen molar-refractivity contribution in [3.63, 3.8) is 0 Å². The summed E-state index contributed by atoms with van der Waals surface area (Å²) in [7, 11) is 0. The fourth-order valence-corrected chi connectivity index (χ4v) is 2.94. The Morgan fingerprint density at radius 1 is 1.40 bits per heavy atom. The Labute approximate surface area is 130 Å². The fourth-order valence-electron chi connectivity index (χ4n) is 2.45. The number of benzene rings is 1. The zero-order valence-electron chi connectivity index (χ0n) is 10.8. The Morgan fingerprint density at radius 2 is 2.20 bits per heavy atom. The van der Waals surface area contributed by atoms with E-state index in [-0.39, 0.29) is 0 Å². The zero-order chi connectivity index (χ0) is 14.3. The molecule has 0 aliphatic carbocycles. The van der Waals surface area contributed by atoms with E-state index in [1.165, 1.54) is 0 Å². The van der Waals surface area contributed by atoms with Gasteiger partial charge in [-0.05, 0) is 53.2 Å². The molecular formula is C14H13BrClN3O. The van der Waals surface area contributed by atoms with Gasteiger partial charge in [-0.25, -0.2) is 0 Å². The smallest absolute Gasteiger partial charge is 0.196 e. The predicted molar refractivity (Wildman–Crippen MR) is 84.2 cm³/mol. The van der Waals surface area contributed by atoms with Crippen molar-refractivity contribution in [3.05, 3.63) is 51.9 Å². The van der Waals surface area contributed by atoms with Gasteiger partial charge in [-0.1, -0.05) is 17.7 Å². The molecule has 1 aliphatic heterocycles. The van der Waals surface area contributed by atoms with Crippen LogP contribution in [0.1, 0.15) is 12.7 Å². The average Bonchev–Trinajstić information content (AvgIpc) is 2.95. The lowest BCUT2D eigenvalue weighted by molar-refractivity contribution is 0.378. The van der Waals surface area contributed by atoms with Gasteiger partial charge in [0.2, 0.25) is 0 Å². The molecule has 3 rings (SSSR count). The molecule has 2 aromatic rings. The number of hydrogen-bond acceptors (Lipinski definition) is 4. The van der Waals surface area contributed by atoms with Crippen LogP contribution in [0.15, 0.2) is 50.5 Å². The summed E-state index contributed by atoms with van der Waals surface area (Å²) in [5, 5.41) is 0.658. The van der Waals surface area contributed by atoms with E-state index in [0.29, 0.717) is 22.2 Å². The van der Waals surface area contributed by atoms with Crippen molar-refractivity contribution in [2.45, 2.75) is 12.5 Å². The highest BCUT2D eigenvalue weighted by Gasteiger charge is 2.43. The van der Waals surface area contributed by atoms with Crippen LogP contribution in [0, 0.1) is 0 Å². The second-order valence-corrected chi connectivity index (χ2v) is 6.09. The molecule has 2 N–H and O–H groups in total. The number of furan rings is 1. The van der Waals surface area contributed by atoms with Gasteiger partial charge >= 0.3 is 0 Å². The minimum absolute atomic E-state index is 0.458. The summed E-state index contributed by atoms with van der Waals surface area (Å²) in [6.07, 6.45) is 0. The van der Waals surface area contributed by atoms with Crippen molar-refractivity contribution in [1.82, 2.24) is 0 Å². The molecule has 1 unspecified atom stereocenters. The minimum Gasteiger partial charge on any atom is -0.452 e. The molecule has 1 aliphatic rings. The molecule has 104 valence electrons. The van der Waals surface area contributed by atoms with Crippen LogP contribution < -0.4 is 10.6 Å². The minimum atomic E-state index is -0.458. The summed E-state index contributed by atoms with van der Waals surface area (Å²) in [5.74, 6) is 1.26. The molecule has 1 aromatic heterocycles. The number of aliphatic imine (C=N–C) groups is 1. The highest BCUT2D eigenvalue weighted by atomic mass is 79.9.